The molecule has 2 fully saturated rings. The van der Waals surface area contributed by atoms with Crippen molar-refractivity contribution in [1.29, 1.82) is 0 Å². The molecule has 0 aromatic rings. The minimum atomic E-state index is -3.21. The number of nitrogens with zero attached hydrogens (tertiary/aromatic N) is 3. The van der Waals surface area contributed by atoms with Crippen LogP contribution in [0.2, 0.25) is 0 Å². The van der Waals surface area contributed by atoms with Crippen molar-refractivity contribution in [1.82, 2.24) is 19.8 Å². The minimum absolute atomic E-state index is 0.0720. The van der Waals surface area contributed by atoms with Gasteiger partial charge in [0, 0.05) is 56.8 Å². The summed E-state index contributed by atoms with van der Waals surface area (Å²) >= 11 is 1.81. The summed E-state index contributed by atoms with van der Waals surface area (Å²) in [5.41, 5.74) is 0. The van der Waals surface area contributed by atoms with Gasteiger partial charge in [0.05, 0.1) is 25.0 Å². The third-order valence-electron chi connectivity index (χ3n) is 5.11. The standard InChI is InChI=1S/C19H39N5O3S2/c1-4-20-19(21-7-16-29(25,26)24-11-14-28-15-12-24)22-18-5-8-23(9-6-18)10-13-27-17(2)3/h17-18H,4-16H2,1-3H3,(H2,20,21,22). The number of ether oxygens (including phenoxy) is 1. The molecule has 2 aliphatic heterocycles. The van der Waals surface area contributed by atoms with Crippen molar-refractivity contribution in [2.45, 2.75) is 45.8 Å². The van der Waals surface area contributed by atoms with E-state index in [-0.39, 0.29) is 18.4 Å². The smallest absolute Gasteiger partial charge is 0.215 e. The molecule has 0 radical (unpaired) electrons. The topological polar surface area (TPSA) is 86.3 Å². The number of hydrogen-bond donors (Lipinski definition) is 2. The van der Waals surface area contributed by atoms with Crippen LogP contribution in [0.4, 0.5) is 0 Å². The van der Waals surface area contributed by atoms with Gasteiger partial charge in [-0.2, -0.15) is 11.8 Å². The summed E-state index contributed by atoms with van der Waals surface area (Å²) in [5, 5.41) is 6.73. The number of rotatable bonds is 10. The molecule has 0 aromatic heterocycles. The molecule has 29 heavy (non-hydrogen) atoms. The maximum atomic E-state index is 12.5. The normalized spacial score (nSPS) is 20.9. The van der Waals surface area contributed by atoms with E-state index in [1.165, 1.54) is 0 Å². The van der Waals surface area contributed by atoms with Gasteiger partial charge in [0.2, 0.25) is 10.0 Å². The van der Waals surface area contributed by atoms with Crippen LogP contribution < -0.4 is 10.6 Å². The zero-order valence-corrected chi connectivity index (χ0v) is 19.9. The summed E-state index contributed by atoms with van der Waals surface area (Å²) in [7, 11) is -3.21. The lowest BCUT2D eigenvalue weighted by molar-refractivity contribution is 0.0532. The Labute approximate surface area is 181 Å². The number of thioether (sulfide) groups is 1. The van der Waals surface area contributed by atoms with Gasteiger partial charge < -0.3 is 20.3 Å². The highest BCUT2D eigenvalue weighted by atomic mass is 32.2. The van der Waals surface area contributed by atoms with Crippen LogP contribution in [0.3, 0.4) is 0 Å². The van der Waals surface area contributed by atoms with E-state index < -0.39 is 10.0 Å². The van der Waals surface area contributed by atoms with Crippen molar-refractivity contribution in [2.24, 2.45) is 4.99 Å². The summed E-state index contributed by atoms with van der Waals surface area (Å²) in [6, 6.07) is 0.366. The van der Waals surface area contributed by atoms with Gasteiger partial charge in [-0.3, -0.25) is 4.99 Å². The number of hydrogen-bond acceptors (Lipinski definition) is 6. The first-order valence-electron chi connectivity index (χ1n) is 10.8. The van der Waals surface area contributed by atoms with Crippen molar-refractivity contribution in [3.8, 4) is 0 Å². The Balaban J connectivity index is 1.74. The second-order valence-electron chi connectivity index (χ2n) is 7.77. The Morgan fingerprint density at radius 1 is 1.21 bits per heavy atom. The Morgan fingerprint density at radius 2 is 1.90 bits per heavy atom. The Kier molecular flexibility index (Phi) is 11.1. The van der Waals surface area contributed by atoms with Crippen LogP contribution in [0.5, 0.6) is 0 Å². The van der Waals surface area contributed by atoms with E-state index in [1.54, 1.807) is 4.31 Å². The highest BCUT2D eigenvalue weighted by Gasteiger charge is 2.24. The summed E-state index contributed by atoms with van der Waals surface area (Å²) in [4.78, 5) is 6.96. The van der Waals surface area contributed by atoms with Crippen molar-refractivity contribution >= 4 is 27.7 Å². The Morgan fingerprint density at radius 3 is 2.52 bits per heavy atom. The van der Waals surface area contributed by atoms with Gasteiger partial charge in [0.15, 0.2) is 5.96 Å². The number of piperidine rings is 1. The van der Waals surface area contributed by atoms with Crippen LogP contribution in [-0.2, 0) is 14.8 Å². The molecule has 0 aliphatic carbocycles. The van der Waals surface area contributed by atoms with E-state index in [1.807, 2.05) is 18.7 Å². The fourth-order valence-electron chi connectivity index (χ4n) is 3.46. The lowest BCUT2D eigenvalue weighted by atomic mass is 10.1. The van der Waals surface area contributed by atoms with Crippen LogP contribution >= 0.6 is 11.8 Å². The van der Waals surface area contributed by atoms with Crippen LogP contribution in [0, 0.1) is 0 Å². The number of guanidine groups is 1. The summed E-state index contributed by atoms with van der Waals surface area (Å²) < 4.78 is 32.2. The van der Waals surface area contributed by atoms with Crippen molar-refractivity contribution < 1.29 is 13.2 Å². The van der Waals surface area contributed by atoms with Crippen LogP contribution in [-0.4, -0.2) is 105 Å². The number of nitrogens with one attached hydrogen (secondary N) is 2. The Bertz CT molecular complexity index is 587. The molecule has 2 rings (SSSR count). The quantitative estimate of drug-likeness (QED) is 0.377. The molecule has 0 bridgehead atoms. The third kappa shape index (κ3) is 9.42. The average Bonchev–Trinajstić information content (AvgIpc) is 2.70. The fraction of sp³-hybridized carbons (Fsp3) is 0.947. The largest absolute Gasteiger partial charge is 0.377 e. The molecular formula is C19H39N5O3S2. The maximum Gasteiger partial charge on any atom is 0.215 e. The molecule has 0 aromatic carbocycles. The minimum Gasteiger partial charge on any atom is -0.377 e. The SMILES string of the molecule is CCNC(=NCCS(=O)(=O)N1CCSCC1)NC1CCN(CCOC(C)C)CC1. The van der Waals surface area contributed by atoms with E-state index in [9.17, 15) is 8.42 Å². The molecule has 2 heterocycles. The molecule has 170 valence electrons. The number of likely N-dealkylation sites (tertiary alicyclic amines) is 1. The molecule has 10 heteroatoms. The Hall–Kier alpha value is -0.550. The fourth-order valence-corrected chi connectivity index (χ4v) is 5.91. The van der Waals surface area contributed by atoms with Crippen LogP contribution in [0.1, 0.15) is 33.6 Å². The number of sulfonamides is 1. The van der Waals surface area contributed by atoms with Gasteiger partial charge in [-0.1, -0.05) is 0 Å². The van der Waals surface area contributed by atoms with E-state index in [0.717, 1.165) is 63.1 Å². The molecule has 2 N–H and O–H groups in total. The van der Waals surface area contributed by atoms with Gasteiger partial charge in [0.25, 0.3) is 0 Å². The molecule has 0 atom stereocenters. The molecule has 8 nitrogen and oxygen atoms in total. The lowest BCUT2D eigenvalue weighted by Gasteiger charge is -2.33. The number of aliphatic imine (C=N–C) groups is 1. The second kappa shape index (κ2) is 13.0. The first kappa shape index (κ1) is 24.7. The van der Waals surface area contributed by atoms with Gasteiger partial charge in [-0.15, -0.1) is 0 Å². The first-order valence-corrected chi connectivity index (χ1v) is 13.6. The maximum absolute atomic E-state index is 12.5. The van der Waals surface area contributed by atoms with Gasteiger partial charge in [-0.25, -0.2) is 12.7 Å². The molecule has 0 amide bonds. The summed E-state index contributed by atoms with van der Waals surface area (Å²) in [6.07, 6.45) is 2.39. The molecule has 0 spiro atoms. The van der Waals surface area contributed by atoms with Crippen LogP contribution in [0.25, 0.3) is 0 Å². The molecule has 0 unspecified atom stereocenters. The van der Waals surface area contributed by atoms with E-state index >= 15 is 0 Å². The predicted octanol–water partition coefficient (Wildman–Crippen LogP) is 0.810. The van der Waals surface area contributed by atoms with E-state index in [0.29, 0.717) is 19.1 Å². The van der Waals surface area contributed by atoms with Crippen molar-refractivity contribution in [3.63, 3.8) is 0 Å². The molecule has 0 saturated carbocycles. The highest BCUT2D eigenvalue weighted by molar-refractivity contribution is 7.99. The third-order valence-corrected chi connectivity index (χ3v) is 7.91. The van der Waals surface area contributed by atoms with E-state index in [4.69, 9.17) is 4.74 Å². The average molecular weight is 450 g/mol. The second-order valence-corrected chi connectivity index (χ2v) is 11.1. The highest BCUT2D eigenvalue weighted by Crippen LogP contribution is 2.13. The van der Waals surface area contributed by atoms with E-state index in [2.05, 4.69) is 34.4 Å². The zero-order chi connectivity index (χ0) is 21.1. The van der Waals surface area contributed by atoms with Gasteiger partial charge in [0.1, 0.15) is 0 Å². The molecule has 2 saturated heterocycles. The summed E-state index contributed by atoms with van der Waals surface area (Å²) in [6.45, 7) is 12.3. The van der Waals surface area contributed by atoms with Crippen molar-refractivity contribution in [3.05, 3.63) is 0 Å². The zero-order valence-electron chi connectivity index (χ0n) is 18.2. The predicted molar refractivity (Wildman–Crippen MR) is 122 cm³/mol. The summed E-state index contributed by atoms with van der Waals surface area (Å²) in [5.74, 6) is 2.56. The monoisotopic (exact) mass is 449 g/mol. The molecule has 2 aliphatic rings. The van der Waals surface area contributed by atoms with Crippen LogP contribution in [0.15, 0.2) is 4.99 Å². The van der Waals surface area contributed by atoms with Gasteiger partial charge >= 0.3 is 0 Å². The molecular weight excluding hydrogens is 410 g/mol. The van der Waals surface area contributed by atoms with Gasteiger partial charge in [-0.05, 0) is 33.6 Å². The van der Waals surface area contributed by atoms with Crippen molar-refractivity contribution in [2.75, 3.05) is 69.7 Å². The lowest BCUT2D eigenvalue weighted by Crippen LogP contribution is -2.49. The first-order chi connectivity index (χ1) is 13.9.